The summed E-state index contributed by atoms with van der Waals surface area (Å²) in [5, 5.41) is 12.3. The molecule has 1 rings (SSSR count). The number of carbonyl (C=O) groups excluding carboxylic acids is 1. The molecule has 0 unspecified atom stereocenters. The van der Waals surface area contributed by atoms with Gasteiger partial charge in [-0.3, -0.25) is 4.79 Å². The number of benzene rings is 1. The Morgan fingerprint density at radius 2 is 1.70 bits per heavy atom. The number of carbonyl (C=O) groups is 2. The second kappa shape index (κ2) is 6.46. The Hall–Kier alpha value is -1.26. The lowest BCUT2D eigenvalue weighted by molar-refractivity contribution is -0.140. The van der Waals surface area contributed by atoms with Gasteiger partial charge in [0, 0.05) is 15.6 Å². The van der Waals surface area contributed by atoms with Crippen LogP contribution in [0.2, 0.25) is 10.0 Å². The van der Waals surface area contributed by atoms with Crippen LogP contribution in [0.3, 0.4) is 0 Å². The minimum absolute atomic E-state index is 0.220. The van der Waals surface area contributed by atoms with Gasteiger partial charge in [0.1, 0.15) is 6.04 Å². The molecule has 0 aliphatic rings. The van der Waals surface area contributed by atoms with Crippen LogP contribution in [0.25, 0.3) is 0 Å². The van der Waals surface area contributed by atoms with E-state index in [1.807, 2.05) is 20.8 Å². The van der Waals surface area contributed by atoms with Crippen LogP contribution in [0.1, 0.15) is 37.6 Å². The smallest absolute Gasteiger partial charge is 0.326 e. The van der Waals surface area contributed by atoms with Crippen molar-refractivity contribution in [2.24, 2.45) is 5.41 Å². The first-order valence-electron chi connectivity index (χ1n) is 6.08. The molecular weight excluding hydrogens is 301 g/mol. The molecule has 1 aromatic carbocycles. The minimum Gasteiger partial charge on any atom is -0.480 e. The second-order valence-electron chi connectivity index (χ2n) is 5.79. The quantitative estimate of drug-likeness (QED) is 0.891. The predicted octanol–water partition coefficient (Wildman–Crippen LogP) is 3.61. The molecule has 1 atom stereocenters. The van der Waals surface area contributed by atoms with Crippen LogP contribution < -0.4 is 5.32 Å². The van der Waals surface area contributed by atoms with E-state index in [1.54, 1.807) is 0 Å². The van der Waals surface area contributed by atoms with Gasteiger partial charge in [-0.15, -0.1) is 0 Å². The van der Waals surface area contributed by atoms with Gasteiger partial charge in [-0.05, 0) is 30.0 Å². The number of amides is 1. The average molecular weight is 318 g/mol. The van der Waals surface area contributed by atoms with Crippen LogP contribution >= 0.6 is 23.2 Å². The van der Waals surface area contributed by atoms with Crippen LogP contribution in [0, 0.1) is 5.41 Å². The molecule has 0 saturated carbocycles. The molecule has 2 N–H and O–H groups in total. The van der Waals surface area contributed by atoms with Crippen molar-refractivity contribution >= 4 is 35.1 Å². The molecule has 1 aromatic rings. The monoisotopic (exact) mass is 317 g/mol. The van der Waals surface area contributed by atoms with Crippen molar-refractivity contribution in [2.45, 2.75) is 33.2 Å². The molecule has 0 aliphatic heterocycles. The van der Waals surface area contributed by atoms with Crippen LogP contribution in [-0.2, 0) is 4.79 Å². The van der Waals surface area contributed by atoms with Gasteiger partial charge in [0.05, 0.1) is 0 Å². The lowest BCUT2D eigenvalue weighted by atomic mass is 9.88. The summed E-state index contributed by atoms with van der Waals surface area (Å²) in [5.74, 6) is -1.58. The van der Waals surface area contributed by atoms with Gasteiger partial charge >= 0.3 is 5.97 Å². The van der Waals surface area contributed by atoms with Crippen molar-refractivity contribution in [3.8, 4) is 0 Å². The van der Waals surface area contributed by atoms with Crippen LogP contribution in [0.15, 0.2) is 18.2 Å². The largest absolute Gasteiger partial charge is 0.480 e. The number of rotatable bonds is 4. The van der Waals surface area contributed by atoms with E-state index in [0.717, 1.165) is 0 Å². The van der Waals surface area contributed by atoms with Crippen LogP contribution in [0.4, 0.5) is 0 Å². The fourth-order valence-electron chi connectivity index (χ4n) is 1.74. The van der Waals surface area contributed by atoms with Crippen LogP contribution in [-0.4, -0.2) is 23.0 Å². The summed E-state index contributed by atoms with van der Waals surface area (Å²) in [6.07, 6.45) is 0.322. The SMILES string of the molecule is CC(C)(C)C[C@H](NC(=O)c1cc(Cl)cc(Cl)c1)C(=O)O. The maximum atomic E-state index is 12.1. The highest BCUT2D eigenvalue weighted by atomic mass is 35.5. The summed E-state index contributed by atoms with van der Waals surface area (Å²) in [6.45, 7) is 5.72. The van der Waals surface area contributed by atoms with E-state index in [0.29, 0.717) is 16.5 Å². The highest BCUT2D eigenvalue weighted by molar-refractivity contribution is 6.35. The molecular formula is C14H17Cl2NO3. The average Bonchev–Trinajstić information content (AvgIpc) is 2.24. The van der Waals surface area contributed by atoms with Gasteiger partial charge in [-0.2, -0.15) is 0 Å². The topological polar surface area (TPSA) is 66.4 Å². The maximum absolute atomic E-state index is 12.1. The van der Waals surface area contributed by atoms with Crippen molar-refractivity contribution in [3.63, 3.8) is 0 Å². The third kappa shape index (κ3) is 5.39. The summed E-state index contributed by atoms with van der Waals surface area (Å²) in [5.41, 5.74) is 0.0186. The van der Waals surface area contributed by atoms with E-state index in [-0.39, 0.29) is 11.0 Å². The zero-order chi connectivity index (χ0) is 15.5. The summed E-state index contributed by atoms with van der Waals surface area (Å²) in [7, 11) is 0. The van der Waals surface area contributed by atoms with E-state index >= 15 is 0 Å². The number of carboxylic acid groups (broad SMARTS) is 1. The fraction of sp³-hybridized carbons (Fsp3) is 0.429. The van der Waals surface area contributed by atoms with Gasteiger partial charge in [-0.25, -0.2) is 4.79 Å². The van der Waals surface area contributed by atoms with E-state index in [2.05, 4.69) is 5.32 Å². The number of carboxylic acids is 1. The molecule has 0 spiro atoms. The third-order valence-electron chi connectivity index (χ3n) is 2.54. The Labute approximate surface area is 128 Å². The van der Waals surface area contributed by atoms with Gasteiger partial charge < -0.3 is 10.4 Å². The molecule has 0 fully saturated rings. The molecule has 110 valence electrons. The van der Waals surface area contributed by atoms with Crippen molar-refractivity contribution in [1.82, 2.24) is 5.32 Å². The third-order valence-corrected chi connectivity index (χ3v) is 2.98. The standard InChI is InChI=1S/C14H17Cl2NO3/c1-14(2,3)7-11(13(19)20)17-12(18)8-4-9(15)6-10(16)5-8/h4-6,11H,7H2,1-3H3,(H,17,18)(H,19,20)/t11-/m0/s1. The Balaban J connectivity index is 2.88. The van der Waals surface area contributed by atoms with Crippen molar-refractivity contribution in [2.75, 3.05) is 0 Å². The van der Waals surface area contributed by atoms with E-state index < -0.39 is 17.9 Å². The van der Waals surface area contributed by atoms with Crippen molar-refractivity contribution in [3.05, 3.63) is 33.8 Å². The highest BCUT2D eigenvalue weighted by Gasteiger charge is 2.26. The summed E-state index contributed by atoms with van der Waals surface area (Å²) in [4.78, 5) is 23.3. The summed E-state index contributed by atoms with van der Waals surface area (Å²) >= 11 is 11.6. The number of halogens is 2. The molecule has 0 aliphatic carbocycles. The van der Waals surface area contributed by atoms with E-state index in [4.69, 9.17) is 23.2 Å². The molecule has 0 aromatic heterocycles. The first-order chi connectivity index (χ1) is 9.08. The van der Waals surface area contributed by atoms with E-state index in [9.17, 15) is 14.7 Å². The van der Waals surface area contributed by atoms with Crippen molar-refractivity contribution < 1.29 is 14.7 Å². The second-order valence-corrected chi connectivity index (χ2v) is 6.66. The Bertz CT molecular complexity index is 503. The Morgan fingerprint density at radius 3 is 2.10 bits per heavy atom. The van der Waals surface area contributed by atoms with Gasteiger partial charge in [0.2, 0.25) is 0 Å². The molecule has 1 amide bonds. The highest BCUT2D eigenvalue weighted by Crippen LogP contribution is 2.22. The summed E-state index contributed by atoms with van der Waals surface area (Å²) in [6, 6.07) is 3.43. The summed E-state index contributed by atoms with van der Waals surface area (Å²) < 4.78 is 0. The van der Waals surface area contributed by atoms with Gasteiger partial charge in [-0.1, -0.05) is 44.0 Å². The number of hydrogen-bond acceptors (Lipinski definition) is 2. The molecule has 0 radical (unpaired) electrons. The first-order valence-corrected chi connectivity index (χ1v) is 6.84. The lowest BCUT2D eigenvalue weighted by Crippen LogP contribution is -2.43. The molecule has 4 nitrogen and oxygen atoms in total. The molecule has 6 heteroatoms. The number of hydrogen-bond donors (Lipinski definition) is 2. The first kappa shape index (κ1) is 16.8. The molecule has 0 bridgehead atoms. The molecule has 20 heavy (non-hydrogen) atoms. The maximum Gasteiger partial charge on any atom is 0.326 e. The van der Waals surface area contributed by atoms with Gasteiger partial charge in [0.25, 0.3) is 5.91 Å². The predicted molar refractivity (Wildman–Crippen MR) is 79.4 cm³/mol. The number of aliphatic carboxylic acids is 1. The van der Waals surface area contributed by atoms with Crippen LogP contribution in [0.5, 0.6) is 0 Å². The van der Waals surface area contributed by atoms with Crippen molar-refractivity contribution in [1.29, 1.82) is 0 Å². The lowest BCUT2D eigenvalue weighted by Gasteiger charge is -2.24. The number of nitrogens with one attached hydrogen (secondary N) is 1. The zero-order valence-electron chi connectivity index (χ0n) is 11.5. The Kier molecular flexibility index (Phi) is 5.42. The zero-order valence-corrected chi connectivity index (χ0v) is 13.0. The van der Waals surface area contributed by atoms with E-state index in [1.165, 1.54) is 18.2 Å². The Morgan fingerprint density at radius 1 is 1.20 bits per heavy atom. The fourth-order valence-corrected chi connectivity index (χ4v) is 2.26. The van der Waals surface area contributed by atoms with Gasteiger partial charge in [0.15, 0.2) is 0 Å². The normalized spacial score (nSPS) is 12.8. The molecule has 0 saturated heterocycles. The minimum atomic E-state index is -1.07. The molecule has 0 heterocycles.